The molecule has 1 aliphatic heterocycles. The summed E-state index contributed by atoms with van der Waals surface area (Å²) in [5, 5.41) is 3.20. The topological polar surface area (TPSA) is 81.7 Å². The van der Waals surface area contributed by atoms with Crippen LogP contribution in [0.5, 0.6) is 5.75 Å². The fourth-order valence-electron chi connectivity index (χ4n) is 2.97. The summed E-state index contributed by atoms with van der Waals surface area (Å²) >= 11 is 5.99. The molecule has 0 aliphatic carbocycles. The number of esters is 1. The van der Waals surface area contributed by atoms with E-state index in [0.29, 0.717) is 28.4 Å². The maximum atomic E-state index is 12.5. The molecule has 0 unspecified atom stereocenters. The first-order chi connectivity index (χ1) is 13.3. The SMILES string of the molecule is CC(=O)c1ccccc1NC(=O)[C@H](C)OC(=O)[C@H]1COc2ccc(Cl)cc2C1. The molecule has 3 rings (SSSR count). The number of hydrogen-bond donors (Lipinski definition) is 1. The number of ether oxygens (including phenoxy) is 2. The number of ketones is 1. The van der Waals surface area contributed by atoms with Crippen molar-refractivity contribution in [3.05, 3.63) is 58.6 Å². The van der Waals surface area contributed by atoms with Gasteiger partial charge in [-0.25, -0.2) is 0 Å². The van der Waals surface area contributed by atoms with Gasteiger partial charge in [0.05, 0.1) is 11.6 Å². The third-order valence-electron chi connectivity index (χ3n) is 4.49. The van der Waals surface area contributed by atoms with Gasteiger partial charge in [-0.15, -0.1) is 0 Å². The third-order valence-corrected chi connectivity index (χ3v) is 4.72. The van der Waals surface area contributed by atoms with E-state index in [4.69, 9.17) is 21.1 Å². The Morgan fingerprint density at radius 2 is 1.96 bits per heavy atom. The van der Waals surface area contributed by atoms with E-state index in [0.717, 1.165) is 5.56 Å². The van der Waals surface area contributed by atoms with E-state index in [1.165, 1.54) is 13.8 Å². The first-order valence-electron chi connectivity index (χ1n) is 8.87. The summed E-state index contributed by atoms with van der Waals surface area (Å²) in [7, 11) is 0. The van der Waals surface area contributed by atoms with Gasteiger partial charge in [0.2, 0.25) is 0 Å². The van der Waals surface area contributed by atoms with E-state index in [1.54, 1.807) is 42.5 Å². The van der Waals surface area contributed by atoms with Crippen molar-refractivity contribution >= 4 is 34.9 Å². The molecule has 0 bridgehead atoms. The largest absolute Gasteiger partial charge is 0.492 e. The van der Waals surface area contributed by atoms with Crippen molar-refractivity contribution < 1.29 is 23.9 Å². The third kappa shape index (κ3) is 4.51. The number of hydrogen-bond acceptors (Lipinski definition) is 5. The lowest BCUT2D eigenvalue weighted by molar-refractivity contribution is -0.158. The minimum Gasteiger partial charge on any atom is -0.492 e. The standard InChI is InChI=1S/C21H20ClNO5/c1-12(24)17-5-3-4-6-18(17)23-20(25)13(2)28-21(26)15-9-14-10-16(22)7-8-19(14)27-11-15/h3-8,10,13,15H,9,11H2,1-2H3,(H,23,25)/t13-,15+/m0/s1. The molecule has 146 valence electrons. The van der Waals surface area contributed by atoms with Crippen LogP contribution in [-0.4, -0.2) is 30.4 Å². The molecule has 0 spiro atoms. The minimum absolute atomic E-state index is 0.169. The number of halogens is 1. The second-order valence-electron chi connectivity index (χ2n) is 6.63. The molecule has 1 amide bonds. The summed E-state index contributed by atoms with van der Waals surface area (Å²) in [6.07, 6.45) is -0.593. The first-order valence-corrected chi connectivity index (χ1v) is 9.25. The monoisotopic (exact) mass is 401 g/mol. The van der Waals surface area contributed by atoms with Gasteiger partial charge in [-0.1, -0.05) is 23.7 Å². The Labute approximate surface area is 167 Å². The fraction of sp³-hybridized carbons (Fsp3) is 0.286. The number of carbonyl (C=O) groups is 3. The molecule has 7 heteroatoms. The Balaban J connectivity index is 1.61. The minimum atomic E-state index is -1.02. The second kappa shape index (κ2) is 8.44. The number of rotatable bonds is 5. The molecule has 0 radical (unpaired) electrons. The van der Waals surface area contributed by atoms with Crippen LogP contribution in [0.4, 0.5) is 5.69 Å². The summed E-state index contributed by atoms with van der Waals surface area (Å²) in [6, 6.07) is 11.9. The van der Waals surface area contributed by atoms with Gasteiger partial charge in [-0.05, 0) is 56.2 Å². The zero-order valence-corrected chi connectivity index (χ0v) is 16.3. The van der Waals surface area contributed by atoms with E-state index in [9.17, 15) is 14.4 Å². The molecule has 2 aromatic carbocycles. The smallest absolute Gasteiger partial charge is 0.313 e. The Bertz CT molecular complexity index is 927. The van der Waals surface area contributed by atoms with E-state index in [2.05, 4.69) is 5.32 Å². The molecule has 2 aromatic rings. The van der Waals surface area contributed by atoms with Crippen LogP contribution < -0.4 is 10.1 Å². The van der Waals surface area contributed by atoms with Gasteiger partial charge in [-0.2, -0.15) is 0 Å². The molecule has 2 atom stereocenters. The number of anilines is 1. The highest BCUT2D eigenvalue weighted by molar-refractivity contribution is 6.30. The highest BCUT2D eigenvalue weighted by Crippen LogP contribution is 2.30. The average molecular weight is 402 g/mol. The molecule has 1 heterocycles. The van der Waals surface area contributed by atoms with Crippen LogP contribution in [0.3, 0.4) is 0 Å². The van der Waals surface area contributed by atoms with Crippen LogP contribution in [0, 0.1) is 5.92 Å². The first kappa shape index (κ1) is 19.9. The number of amides is 1. The van der Waals surface area contributed by atoms with Crippen molar-refractivity contribution in [2.24, 2.45) is 5.92 Å². The van der Waals surface area contributed by atoms with Gasteiger partial charge in [0.15, 0.2) is 11.9 Å². The summed E-state index contributed by atoms with van der Waals surface area (Å²) in [6.45, 7) is 3.08. The van der Waals surface area contributed by atoms with Gasteiger partial charge in [-0.3, -0.25) is 14.4 Å². The van der Waals surface area contributed by atoms with Crippen LogP contribution in [0.15, 0.2) is 42.5 Å². The summed E-state index contributed by atoms with van der Waals surface area (Å²) < 4.78 is 10.9. The van der Waals surface area contributed by atoms with E-state index < -0.39 is 23.9 Å². The number of nitrogens with one attached hydrogen (secondary N) is 1. The summed E-state index contributed by atoms with van der Waals surface area (Å²) in [5.41, 5.74) is 1.60. The maximum Gasteiger partial charge on any atom is 0.313 e. The van der Waals surface area contributed by atoms with Crippen molar-refractivity contribution in [2.75, 3.05) is 11.9 Å². The normalized spacial score (nSPS) is 16.3. The highest BCUT2D eigenvalue weighted by atomic mass is 35.5. The van der Waals surface area contributed by atoms with Crippen LogP contribution in [0.25, 0.3) is 0 Å². The number of benzene rings is 2. The second-order valence-corrected chi connectivity index (χ2v) is 7.07. The van der Waals surface area contributed by atoms with Gasteiger partial charge in [0.25, 0.3) is 5.91 Å². The van der Waals surface area contributed by atoms with Crippen molar-refractivity contribution in [2.45, 2.75) is 26.4 Å². The molecule has 0 fully saturated rings. The predicted octanol–water partition coefficient (Wildman–Crippen LogP) is 3.66. The molecule has 1 aliphatic rings. The van der Waals surface area contributed by atoms with Gasteiger partial charge >= 0.3 is 5.97 Å². The van der Waals surface area contributed by atoms with Crippen LogP contribution in [-0.2, 0) is 20.7 Å². The summed E-state index contributed by atoms with van der Waals surface area (Å²) in [5.74, 6) is -1.03. The van der Waals surface area contributed by atoms with Crippen molar-refractivity contribution in [3.8, 4) is 5.75 Å². The molecule has 0 aromatic heterocycles. The highest BCUT2D eigenvalue weighted by Gasteiger charge is 2.30. The van der Waals surface area contributed by atoms with E-state index in [1.807, 2.05) is 0 Å². The van der Waals surface area contributed by atoms with E-state index >= 15 is 0 Å². The molecule has 28 heavy (non-hydrogen) atoms. The lowest BCUT2D eigenvalue weighted by Gasteiger charge is -2.25. The van der Waals surface area contributed by atoms with Crippen LogP contribution in [0.2, 0.25) is 5.02 Å². The van der Waals surface area contributed by atoms with E-state index in [-0.39, 0.29) is 12.4 Å². The van der Waals surface area contributed by atoms with Crippen molar-refractivity contribution in [1.82, 2.24) is 0 Å². The Morgan fingerprint density at radius 1 is 1.21 bits per heavy atom. The van der Waals surface area contributed by atoms with Gasteiger partial charge in [0, 0.05) is 10.6 Å². The average Bonchev–Trinajstić information content (AvgIpc) is 2.67. The number of fused-ring (bicyclic) bond motifs is 1. The number of Topliss-reactive ketones (excluding diaryl/α,β-unsaturated/α-hetero) is 1. The molecule has 6 nitrogen and oxygen atoms in total. The number of para-hydroxylation sites is 1. The number of carbonyl (C=O) groups excluding carboxylic acids is 3. The Morgan fingerprint density at radius 3 is 2.71 bits per heavy atom. The zero-order valence-electron chi connectivity index (χ0n) is 15.5. The quantitative estimate of drug-likeness (QED) is 0.610. The van der Waals surface area contributed by atoms with Crippen molar-refractivity contribution in [1.29, 1.82) is 0 Å². The Kier molecular flexibility index (Phi) is 5.99. The molecule has 0 saturated carbocycles. The lowest BCUT2D eigenvalue weighted by Crippen LogP contribution is -2.36. The predicted molar refractivity (Wildman–Crippen MR) is 105 cm³/mol. The molecular formula is C21H20ClNO5. The van der Waals surface area contributed by atoms with Crippen LogP contribution in [0.1, 0.15) is 29.8 Å². The molecule has 0 saturated heterocycles. The summed E-state index contributed by atoms with van der Waals surface area (Å²) in [4.78, 5) is 36.5. The molecule has 1 N–H and O–H groups in total. The van der Waals surface area contributed by atoms with Gasteiger partial charge in [0.1, 0.15) is 12.4 Å². The maximum absolute atomic E-state index is 12.5. The Hall–Kier alpha value is -2.86. The van der Waals surface area contributed by atoms with Gasteiger partial charge < -0.3 is 14.8 Å². The zero-order chi connectivity index (χ0) is 20.3. The molecular weight excluding hydrogens is 382 g/mol. The fourth-order valence-corrected chi connectivity index (χ4v) is 3.17. The lowest BCUT2D eigenvalue weighted by atomic mass is 9.97. The van der Waals surface area contributed by atoms with Crippen LogP contribution >= 0.6 is 11.6 Å². The van der Waals surface area contributed by atoms with Crippen molar-refractivity contribution in [3.63, 3.8) is 0 Å².